The van der Waals surface area contributed by atoms with Crippen molar-refractivity contribution >= 4 is 11.3 Å². The van der Waals surface area contributed by atoms with Crippen LogP contribution in [0.4, 0.5) is 0 Å². The molecule has 4 heteroatoms. The molecular weight excluding hydrogens is 184 g/mol. The Hall–Kier alpha value is -0.450. The van der Waals surface area contributed by atoms with Crippen molar-refractivity contribution in [2.75, 3.05) is 20.3 Å². The predicted octanol–water partition coefficient (Wildman–Crippen LogP) is 1.31. The van der Waals surface area contributed by atoms with Crippen molar-refractivity contribution < 1.29 is 4.74 Å². The van der Waals surface area contributed by atoms with Gasteiger partial charge in [0.05, 0.1) is 12.1 Å². The van der Waals surface area contributed by atoms with Crippen LogP contribution in [0.1, 0.15) is 11.8 Å². The van der Waals surface area contributed by atoms with Gasteiger partial charge in [0.25, 0.3) is 0 Å². The number of ether oxygens (including phenoxy) is 1. The Morgan fingerprint density at radius 3 is 3.08 bits per heavy atom. The lowest BCUT2D eigenvalue weighted by Gasteiger charge is -2.14. The SMILES string of the molecule is CCOCC(Cc1cncs1)NC. The highest BCUT2D eigenvalue weighted by Crippen LogP contribution is 2.08. The maximum absolute atomic E-state index is 5.36. The molecule has 0 aliphatic rings. The summed E-state index contributed by atoms with van der Waals surface area (Å²) >= 11 is 1.69. The molecule has 0 radical (unpaired) electrons. The highest BCUT2D eigenvalue weighted by Gasteiger charge is 2.07. The summed E-state index contributed by atoms with van der Waals surface area (Å²) < 4.78 is 5.36. The van der Waals surface area contributed by atoms with E-state index in [0.717, 1.165) is 19.6 Å². The molecule has 3 nitrogen and oxygen atoms in total. The van der Waals surface area contributed by atoms with E-state index in [1.54, 1.807) is 11.3 Å². The lowest BCUT2D eigenvalue weighted by molar-refractivity contribution is 0.125. The van der Waals surface area contributed by atoms with Gasteiger partial charge in [-0.2, -0.15) is 0 Å². The van der Waals surface area contributed by atoms with E-state index in [4.69, 9.17) is 4.74 Å². The summed E-state index contributed by atoms with van der Waals surface area (Å²) in [7, 11) is 1.96. The highest BCUT2D eigenvalue weighted by molar-refractivity contribution is 7.09. The number of aromatic nitrogens is 1. The second-order valence-electron chi connectivity index (χ2n) is 2.82. The van der Waals surface area contributed by atoms with E-state index in [9.17, 15) is 0 Å². The van der Waals surface area contributed by atoms with Gasteiger partial charge in [-0.1, -0.05) is 0 Å². The Morgan fingerprint density at radius 1 is 1.69 bits per heavy atom. The van der Waals surface area contributed by atoms with Gasteiger partial charge in [-0.05, 0) is 14.0 Å². The summed E-state index contributed by atoms with van der Waals surface area (Å²) in [5, 5.41) is 3.23. The number of thiazole rings is 1. The van der Waals surface area contributed by atoms with E-state index in [1.165, 1.54) is 4.88 Å². The first-order valence-electron chi connectivity index (χ1n) is 4.49. The van der Waals surface area contributed by atoms with Crippen LogP contribution in [0.15, 0.2) is 11.7 Å². The van der Waals surface area contributed by atoms with Crippen molar-refractivity contribution in [1.82, 2.24) is 10.3 Å². The molecule has 0 saturated carbocycles. The third kappa shape index (κ3) is 3.85. The molecule has 1 unspecified atom stereocenters. The van der Waals surface area contributed by atoms with Gasteiger partial charge in [-0.25, -0.2) is 0 Å². The van der Waals surface area contributed by atoms with E-state index in [2.05, 4.69) is 10.3 Å². The number of hydrogen-bond donors (Lipinski definition) is 1. The fraction of sp³-hybridized carbons (Fsp3) is 0.667. The Labute approximate surface area is 83.1 Å². The zero-order valence-electron chi connectivity index (χ0n) is 8.12. The second-order valence-corrected chi connectivity index (χ2v) is 3.79. The predicted molar refractivity (Wildman–Crippen MR) is 55.2 cm³/mol. The van der Waals surface area contributed by atoms with Crippen molar-refractivity contribution in [1.29, 1.82) is 0 Å². The molecule has 0 aromatic carbocycles. The average Bonchev–Trinajstić information content (AvgIpc) is 2.64. The smallest absolute Gasteiger partial charge is 0.0794 e. The largest absolute Gasteiger partial charge is 0.380 e. The summed E-state index contributed by atoms with van der Waals surface area (Å²) in [6.45, 7) is 3.56. The van der Waals surface area contributed by atoms with E-state index < -0.39 is 0 Å². The summed E-state index contributed by atoms with van der Waals surface area (Å²) in [6.07, 6.45) is 2.92. The van der Waals surface area contributed by atoms with Crippen molar-refractivity contribution in [2.45, 2.75) is 19.4 Å². The summed E-state index contributed by atoms with van der Waals surface area (Å²) in [4.78, 5) is 5.34. The van der Waals surface area contributed by atoms with Gasteiger partial charge >= 0.3 is 0 Å². The molecule has 13 heavy (non-hydrogen) atoms. The van der Waals surface area contributed by atoms with Crippen molar-refractivity contribution in [3.05, 3.63) is 16.6 Å². The second kappa shape index (κ2) is 6.07. The van der Waals surface area contributed by atoms with Crippen LogP contribution in [0.2, 0.25) is 0 Å². The molecule has 1 aromatic rings. The first-order chi connectivity index (χ1) is 6.36. The molecule has 0 saturated heterocycles. The third-order valence-electron chi connectivity index (χ3n) is 1.86. The number of nitrogens with one attached hydrogen (secondary N) is 1. The number of nitrogens with zero attached hydrogens (tertiary/aromatic N) is 1. The zero-order valence-corrected chi connectivity index (χ0v) is 8.93. The topological polar surface area (TPSA) is 34.1 Å². The molecule has 1 aromatic heterocycles. The first-order valence-corrected chi connectivity index (χ1v) is 5.37. The van der Waals surface area contributed by atoms with E-state index >= 15 is 0 Å². The Bertz CT molecular complexity index is 213. The standard InChI is InChI=1S/C9H16N2OS/c1-3-12-6-8(10-2)4-9-5-11-7-13-9/h5,7-8,10H,3-4,6H2,1-2H3. The van der Waals surface area contributed by atoms with Crippen molar-refractivity contribution in [3.8, 4) is 0 Å². The molecule has 0 fully saturated rings. The quantitative estimate of drug-likeness (QED) is 0.752. The number of likely N-dealkylation sites (N-methyl/N-ethyl adjacent to an activating group) is 1. The summed E-state index contributed by atoms with van der Waals surface area (Å²) in [5.74, 6) is 0. The zero-order chi connectivity index (χ0) is 9.52. The van der Waals surface area contributed by atoms with Gasteiger partial charge in [0.15, 0.2) is 0 Å². The molecule has 0 spiro atoms. The molecule has 1 atom stereocenters. The average molecular weight is 200 g/mol. The molecule has 1 rings (SSSR count). The van der Waals surface area contributed by atoms with Gasteiger partial charge in [0, 0.05) is 30.1 Å². The van der Waals surface area contributed by atoms with Crippen LogP contribution in [0.5, 0.6) is 0 Å². The Morgan fingerprint density at radius 2 is 2.54 bits per heavy atom. The molecule has 74 valence electrons. The maximum Gasteiger partial charge on any atom is 0.0794 e. The van der Waals surface area contributed by atoms with Crippen molar-refractivity contribution in [3.63, 3.8) is 0 Å². The lowest BCUT2D eigenvalue weighted by Crippen LogP contribution is -2.32. The summed E-state index contributed by atoms with van der Waals surface area (Å²) in [5.41, 5.74) is 1.86. The van der Waals surface area contributed by atoms with Crippen LogP contribution < -0.4 is 5.32 Å². The van der Waals surface area contributed by atoms with Crippen LogP contribution in [0.3, 0.4) is 0 Å². The lowest BCUT2D eigenvalue weighted by atomic mass is 10.2. The third-order valence-corrected chi connectivity index (χ3v) is 2.66. The van der Waals surface area contributed by atoms with E-state index in [-0.39, 0.29) is 0 Å². The Kier molecular flexibility index (Phi) is 4.97. The van der Waals surface area contributed by atoms with Crippen molar-refractivity contribution in [2.24, 2.45) is 0 Å². The maximum atomic E-state index is 5.36. The van der Waals surface area contributed by atoms with Crippen LogP contribution in [0, 0.1) is 0 Å². The number of hydrogen-bond acceptors (Lipinski definition) is 4. The molecule has 0 aliphatic heterocycles. The minimum atomic E-state index is 0.403. The molecular formula is C9H16N2OS. The van der Waals surface area contributed by atoms with Gasteiger partial charge in [0.2, 0.25) is 0 Å². The molecule has 0 aliphatic carbocycles. The molecule has 0 bridgehead atoms. The van der Waals surface area contributed by atoms with Crippen LogP contribution in [-0.4, -0.2) is 31.3 Å². The highest BCUT2D eigenvalue weighted by atomic mass is 32.1. The molecule has 1 N–H and O–H groups in total. The monoisotopic (exact) mass is 200 g/mol. The fourth-order valence-corrected chi connectivity index (χ4v) is 1.77. The Balaban J connectivity index is 2.31. The van der Waals surface area contributed by atoms with Crippen LogP contribution in [-0.2, 0) is 11.2 Å². The van der Waals surface area contributed by atoms with E-state index in [0.29, 0.717) is 6.04 Å². The molecule has 0 amide bonds. The van der Waals surface area contributed by atoms with Crippen LogP contribution >= 0.6 is 11.3 Å². The van der Waals surface area contributed by atoms with Crippen LogP contribution in [0.25, 0.3) is 0 Å². The van der Waals surface area contributed by atoms with E-state index in [1.807, 2.05) is 25.7 Å². The van der Waals surface area contributed by atoms with Gasteiger partial charge in [-0.15, -0.1) is 11.3 Å². The normalized spacial score (nSPS) is 13.1. The first kappa shape index (κ1) is 10.6. The minimum absolute atomic E-state index is 0.403. The summed E-state index contributed by atoms with van der Waals surface area (Å²) in [6, 6.07) is 0.403. The van der Waals surface area contributed by atoms with Gasteiger partial charge in [0.1, 0.15) is 0 Å². The minimum Gasteiger partial charge on any atom is -0.380 e. The fourth-order valence-electron chi connectivity index (χ4n) is 1.09. The van der Waals surface area contributed by atoms with Gasteiger partial charge in [-0.3, -0.25) is 4.98 Å². The molecule has 1 heterocycles. The van der Waals surface area contributed by atoms with Gasteiger partial charge < -0.3 is 10.1 Å². The number of rotatable bonds is 6.